The first-order chi connectivity index (χ1) is 13.7. The molecule has 1 unspecified atom stereocenters. The zero-order valence-electron chi connectivity index (χ0n) is 18.8. The van der Waals surface area contributed by atoms with Crippen molar-refractivity contribution >= 4 is 11.5 Å². The molecule has 1 atom stereocenters. The molecule has 0 radical (unpaired) electrons. The van der Waals surface area contributed by atoms with Crippen molar-refractivity contribution in [2.75, 3.05) is 7.11 Å². The Kier molecular flexibility index (Phi) is 6.19. The highest BCUT2D eigenvalue weighted by Crippen LogP contribution is 2.47. The molecule has 1 aliphatic carbocycles. The third-order valence-electron chi connectivity index (χ3n) is 6.05. The number of hydrogen-bond donors (Lipinski definition) is 1. The van der Waals surface area contributed by atoms with Crippen molar-refractivity contribution in [1.82, 2.24) is 0 Å². The average molecular weight is 394 g/mol. The number of ether oxygens (including phenoxy) is 1. The van der Waals surface area contributed by atoms with Crippen molar-refractivity contribution in [1.29, 1.82) is 0 Å². The van der Waals surface area contributed by atoms with Gasteiger partial charge in [0.1, 0.15) is 5.84 Å². The van der Waals surface area contributed by atoms with Crippen molar-refractivity contribution in [3.05, 3.63) is 34.9 Å². The number of methoxy groups -OCH3 is 1. The molecule has 0 aromatic heterocycles. The summed E-state index contributed by atoms with van der Waals surface area (Å²) in [5.41, 5.74) is 9.90. The highest BCUT2D eigenvalue weighted by molar-refractivity contribution is 6.41. The van der Waals surface area contributed by atoms with E-state index in [4.69, 9.17) is 20.5 Å². The van der Waals surface area contributed by atoms with Crippen molar-refractivity contribution in [2.45, 2.75) is 78.5 Å². The van der Waals surface area contributed by atoms with Crippen LogP contribution in [0.25, 0.3) is 0 Å². The fourth-order valence-corrected chi connectivity index (χ4v) is 4.39. The van der Waals surface area contributed by atoms with Crippen LogP contribution in [-0.2, 0) is 16.8 Å². The van der Waals surface area contributed by atoms with E-state index in [2.05, 4.69) is 57.7 Å². The van der Waals surface area contributed by atoms with Crippen molar-refractivity contribution in [2.24, 2.45) is 27.1 Å². The predicted octanol–water partition coefficient (Wildman–Crippen LogP) is 4.84. The van der Waals surface area contributed by atoms with E-state index >= 15 is 0 Å². The van der Waals surface area contributed by atoms with E-state index in [-0.39, 0.29) is 5.41 Å². The molecule has 1 heterocycles. The summed E-state index contributed by atoms with van der Waals surface area (Å²) in [6, 6.07) is 6.52. The van der Waals surface area contributed by atoms with Gasteiger partial charge in [0.25, 0.3) is 0 Å². The van der Waals surface area contributed by atoms with E-state index in [9.17, 15) is 0 Å². The SMILES string of the molecule is CCc1ccc(C#CC(C)(C)C)cc1C1(C2CCC(OC)CC2)N=C(C)C(N)=N1. The van der Waals surface area contributed by atoms with Crippen LogP contribution in [0, 0.1) is 23.2 Å². The second kappa shape index (κ2) is 8.32. The molecule has 1 saturated carbocycles. The Balaban J connectivity index is 2.10. The summed E-state index contributed by atoms with van der Waals surface area (Å²) in [6.45, 7) is 10.6. The number of aryl methyl sites for hydroxylation is 1. The van der Waals surface area contributed by atoms with Gasteiger partial charge in [0.15, 0.2) is 5.66 Å². The molecule has 1 aliphatic heterocycles. The van der Waals surface area contributed by atoms with Gasteiger partial charge in [-0.05, 0) is 77.5 Å². The van der Waals surface area contributed by atoms with Crippen LogP contribution in [0.3, 0.4) is 0 Å². The minimum absolute atomic E-state index is 0.0372. The number of hydrogen-bond acceptors (Lipinski definition) is 4. The Morgan fingerprint density at radius 3 is 2.38 bits per heavy atom. The summed E-state index contributed by atoms with van der Waals surface area (Å²) in [5, 5.41) is 0. The van der Waals surface area contributed by atoms with Crippen molar-refractivity contribution in [3.8, 4) is 11.8 Å². The standard InChI is InChI=1S/C25H35N3O/c1-7-19-9-8-18(14-15-24(3,4)5)16-22(19)25(27-17(2)23(26)28-25)20-10-12-21(29-6)13-11-20/h8-9,16,20-21H,7,10-13H2,1-6H3,(H2,26,28). The molecule has 4 nitrogen and oxygen atoms in total. The summed E-state index contributed by atoms with van der Waals surface area (Å²) < 4.78 is 5.60. The molecule has 29 heavy (non-hydrogen) atoms. The van der Waals surface area contributed by atoms with E-state index in [0.717, 1.165) is 43.4 Å². The molecular weight excluding hydrogens is 358 g/mol. The van der Waals surface area contributed by atoms with Crippen LogP contribution in [-0.4, -0.2) is 24.8 Å². The predicted molar refractivity (Wildman–Crippen MR) is 121 cm³/mol. The second-order valence-corrected chi connectivity index (χ2v) is 9.36. The van der Waals surface area contributed by atoms with Crippen LogP contribution in [0.1, 0.15) is 77.0 Å². The van der Waals surface area contributed by atoms with E-state index in [1.165, 1.54) is 11.1 Å². The Labute approximate surface area is 176 Å². The highest BCUT2D eigenvalue weighted by Gasteiger charge is 2.46. The monoisotopic (exact) mass is 393 g/mol. The summed E-state index contributed by atoms with van der Waals surface area (Å²) in [5.74, 6) is 7.60. The van der Waals surface area contributed by atoms with Gasteiger partial charge in [-0.1, -0.05) is 24.8 Å². The van der Waals surface area contributed by atoms with Gasteiger partial charge >= 0.3 is 0 Å². The molecule has 156 valence electrons. The largest absolute Gasteiger partial charge is 0.382 e. The summed E-state index contributed by atoms with van der Waals surface area (Å²) >= 11 is 0. The van der Waals surface area contributed by atoms with Gasteiger partial charge in [-0.25, -0.2) is 4.99 Å². The molecule has 1 aromatic carbocycles. The lowest BCUT2D eigenvalue weighted by Gasteiger charge is -2.38. The third kappa shape index (κ3) is 4.56. The fourth-order valence-electron chi connectivity index (χ4n) is 4.39. The molecule has 0 bridgehead atoms. The summed E-state index contributed by atoms with van der Waals surface area (Å²) in [6.07, 6.45) is 5.42. The Hall–Kier alpha value is -2.12. The molecule has 1 aromatic rings. The maximum atomic E-state index is 6.26. The topological polar surface area (TPSA) is 60.0 Å². The van der Waals surface area contributed by atoms with Crippen LogP contribution in [0.5, 0.6) is 0 Å². The molecule has 2 aliphatic rings. The van der Waals surface area contributed by atoms with Crippen LogP contribution >= 0.6 is 0 Å². The van der Waals surface area contributed by atoms with Gasteiger partial charge < -0.3 is 10.5 Å². The van der Waals surface area contributed by atoms with Crippen LogP contribution < -0.4 is 5.73 Å². The lowest BCUT2D eigenvalue weighted by atomic mass is 9.74. The number of rotatable bonds is 4. The Bertz CT molecular complexity index is 854. The lowest BCUT2D eigenvalue weighted by Crippen LogP contribution is -2.36. The first kappa shape index (κ1) is 21.6. The number of nitrogens with zero attached hydrogens (tertiary/aromatic N) is 2. The van der Waals surface area contributed by atoms with Crippen molar-refractivity contribution in [3.63, 3.8) is 0 Å². The smallest absolute Gasteiger partial charge is 0.181 e. The molecule has 1 fully saturated rings. The van der Waals surface area contributed by atoms with Crippen LogP contribution in [0.15, 0.2) is 28.2 Å². The maximum absolute atomic E-state index is 6.26. The van der Waals surface area contributed by atoms with Crippen molar-refractivity contribution < 1.29 is 4.74 Å². The minimum atomic E-state index is -0.627. The Morgan fingerprint density at radius 2 is 1.86 bits per heavy atom. The van der Waals surface area contributed by atoms with E-state index in [0.29, 0.717) is 17.9 Å². The maximum Gasteiger partial charge on any atom is 0.181 e. The quantitative estimate of drug-likeness (QED) is 0.744. The molecule has 3 rings (SSSR count). The summed E-state index contributed by atoms with van der Waals surface area (Å²) in [7, 11) is 1.81. The number of benzene rings is 1. The van der Waals surface area contributed by atoms with E-state index in [1.807, 2.05) is 6.92 Å². The minimum Gasteiger partial charge on any atom is -0.382 e. The van der Waals surface area contributed by atoms with Gasteiger partial charge in [-0.15, -0.1) is 0 Å². The fraction of sp³-hybridized carbons (Fsp3) is 0.600. The number of aliphatic imine (C=N–C) groups is 2. The van der Waals surface area contributed by atoms with Gasteiger partial charge in [0, 0.05) is 29.6 Å². The average Bonchev–Trinajstić information content (AvgIpc) is 3.01. The van der Waals surface area contributed by atoms with Gasteiger partial charge in [0.05, 0.1) is 11.8 Å². The first-order valence-corrected chi connectivity index (χ1v) is 10.8. The van der Waals surface area contributed by atoms with Crippen LogP contribution in [0.2, 0.25) is 0 Å². The molecule has 0 amide bonds. The molecule has 0 saturated heterocycles. The van der Waals surface area contributed by atoms with Gasteiger partial charge in [-0.2, -0.15) is 0 Å². The summed E-state index contributed by atoms with van der Waals surface area (Å²) in [4.78, 5) is 10.1. The van der Waals surface area contributed by atoms with E-state index < -0.39 is 5.66 Å². The third-order valence-corrected chi connectivity index (χ3v) is 6.05. The molecule has 4 heteroatoms. The highest BCUT2D eigenvalue weighted by atomic mass is 16.5. The molecule has 0 spiro atoms. The number of amidine groups is 1. The van der Waals surface area contributed by atoms with Crippen LogP contribution in [0.4, 0.5) is 0 Å². The zero-order chi connectivity index (χ0) is 21.2. The second-order valence-electron chi connectivity index (χ2n) is 9.36. The lowest BCUT2D eigenvalue weighted by molar-refractivity contribution is 0.0425. The van der Waals surface area contributed by atoms with Gasteiger partial charge in [-0.3, -0.25) is 4.99 Å². The zero-order valence-corrected chi connectivity index (χ0v) is 18.8. The van der Waals surface area contributed by atoms with Gasteiger partial charge in [0.2, 0.25) is 0 Å². The molecule has 2 N–H and O–H groups in total. The number of nitrogens with two attached hydrogens (primary N) is 1. The Morgan fingerprint density at radius 1 is 1.17 bits per heavy atom. The normalized spacial score (nSPS) is 27.1. The molecular formula is C25H35N3O. The van der Waals surface area contributed by atoms with E-state index in [1.54, 1.807) is 7.11 Å². The first-order valence-electron chi connectivity index (χ1n) is 10.8.